The highest BCUT2D eigenvalue weighted by atomic mass is 32.2. The van der Waals surface area contributed by atoms with Gasteiger partial charge in [-0.05, 0) is 79.4 Å². The van der Waals surface area contributed by atoms with E-state index in [4.69, 9.17) is 9.47 Å². The number of nitrogens with one attached hydrogen (secondary N) is 2. The number of methoxy groups -OCH3 is 1. The lowest BCUT2D eigenvalue weighted by atomic mass is 9.99. The zero-order chi connectivity index (χ0) is 39.3. The molecule has 0 spiro atoms. The van der Waals surface area contributed by atoms with Gasteiger partial charge in [0.25, 0.3) is 5.95 Å². The van der Waals surface area contributed by atoms with Gasteiger partial charge in [0, 0.05) is 29.8 Å². The van der Waals surface area contributed by atoms with Gasteiger partial charge in [0.15, 0.2) is 21.7 Å². The molecule has 3 aromatic carbocycles. The summed E-state index contributed by atoms with van der Waals surface area (Å²) in [5, 5.41) is 20.0. The van der Waals surface area contributed by atoms with Crippen LogP contribution in [0.3, 0.4) is 0 Å². The number of aromatic nitrogens is 3. The summed E-state index contributed by atoms with van der Waals surface area (Å²) < 4.78 is 50.6. The van der Waals surface area contributed by atoms with E-state index in [2.05, 4.69) is 20.7 Å². The van der Waals surface area contributed by atoms with Crippen LogP contribution in [0.25, 0.3) is 16.8 Å². The van der Waals surface area contributed by atoms with Crippen molar-refractivity contribution in [1.29, 1.82) is 0 Å². The average molecular weight is 761 g/mol. The number of carboxylic acid groups (broad SMARTS) is 1. The van der Waals surface area contributed by atoms with E-state index in [0.717, 1.165) is 22.3 Å². The molecule has 54 heavy (non-hydrogen) atoms. The number of halogens is 1. The molecule has 16 heteroatoms. The van der Waals surface area contributed by atoms with E-state index >= 15 is 0 Å². The predicted molar refractivity (Wildman–Crippen MR) is 200 cm³/mol. The molecule has 4 atom stereocenters. The Bertz CT molecular complexity index is 2260. The molecule has 2 amide bonds. The second-order valence-corrected chi connectivity index (χ2v) is 14.8. The first-order valence-corrected chi connectivity index (χ1v) is 18.9. The number of aliphatic carboxylic acids is 1. The van der Waals surface area contributed by atoms with Crippen LogP contribution in [0.2, 0.25) is 0 Å². The third kappa shape index (κ3) is 9.01. The van der Waals surface area contributed by atoms with Gasteiger partial charge < -0.3 is 19.9 Å². The highest BCUT2D eigenvalue weighted by Crippen LogP contribution is 2.36. The summed E-state index contributed by atoms with van der Waals surface area (Å²) in [5.41, 5.74) is 3.17. The molecule has 2 heterocycles. The fourth-order valence-corrected chi connectivity index (χ4v) is 6.24. The molecule has 0 saturated heterocycles. The number of pyridine rings is 1. The molecule has 0 radical (unpaired) electrons. The smallest absolute Gasteiger partial charge is 0.423 e. The number of nitrogens with zero attached hydrogens (tertiary/aromatic N) is 4. The van der Waals surface area contributed by atoms with E-state index in [-0.39, 0.29) is 39.9 Å². The number of carbonyl (C=O) groups is 3. The van der Waals surface area contributed by atoms with Crippen LogP contribution in [0.5, 0.6) is 5.75 Å². The van der Waals surface area contributed by atoms with Crippen molar-refractivity contribution in [3.63, 3.8) is 0 Å². The molecule has 0 bridgehead atoms. The molecular formula is C38H41FN6O8S. The summed E-state index contributed by atoms with van der Waals surface area (Å²) in [5.74, 6) is -2.64. The van der Waals surface area contributed by atoms with Crippen molar-refractivity contribution >= 4 is 50.8 Å². The molecule has 5 aromatic rings. The third-order valence-corrected chi connectivity index (χ3v) is 10.1. The highest BCUT2D eigenvalue weighted by Gasteiger charge is 2.31. The highest BCUT2D eigenvalue weighted by molar-refractivity contribution is 7.90. The number of benzene rings is 3. The number of fused-ring (bicyclic) bond motifs is 1. The van der Waals surface area contributed by atoms with Crippen LogP contribution in [0.4, 0.5) is 26.5 Å². The molecule has 0 fully saturated rings. The number of hydrogen-bond donors (Lipinski definition) is 3. The minimum Gasteiger partial charge on any atom is -0.495 e. The zero-order valence-electron chi connectivity index (χ0n) is 30.5. The molecule has 2 aromatic heterocycles. The van der Waals surface area contributed by atoms with Crippen molar-refractivity contribution in [2.24, 2.45) is 5.92 Å². The maximum absolute atomic E-state index is 13.9. The Hall–Kier alpha value is -5.87. The van der Waals surface area contributed by atoms with Gasteiger partial charge in [-0.1, -0.05) is 44.5 Å². The summed E-state index contributed by atoms with van der Waals surface area (Å²) >= 11 is 0. The molecule has 0 aliphatic rings. The van der Waals surface area contributed by atoms with Gasteiger partial charge in [-0.3, -0.25) is 14.9 Å². The number of hydrogen-bond acceptors (Lipinski definition) is 10. The van der Waals surface area contributed by atoms with Gasteiger partial charge in [0.1, 0.15) is 17.6 Å². The topological polar surface area (TPSA) is 182 Å². The SMILES string of the molecule is CC[C@H](C)[C@H](N[C@@H](C)OC(=O)N(c1nc2ccc(-c3ccc(NC(=O)[C@H](C)c4ccc(F)cc4)cc3)cn2n1)c1ccc(S(C)(=O)=O)cc1OC)C(=O)O. The second kappa shape index (κ2) is 16.4. The maximum Gasteiger partial charge on any atom is 0.423 e. The average Bonchev–Trinajstić information content (AvgIpc) is 3.56. The molecule has 284 valence electrons. The van der Waals surface area contributed by atoms with E-state index in [1.165, 1.54) is 48.9 Å². The summed E-state index contributed by atoms with van der Waals surface area (Å²) in [7, 11) is -2.33. The minimum absolute atomic E-state index is 0.0114. The monoisotopic (exact) mass is 760 g/mol. The Kier molecular flexibility index (Phi) is 12.0. The maximum atomic E-state index is 13.9. The number of carbonyl (C=O) groups excluding carboxylic acids is 2. The molecule has 5 rings (SSSR count). The standard InChI is InChI=1S/C38H41FN6O8S/c1-7-22(2)34(36(47)48)40-24(4)53-38(49)45(31-18-17-30(54(6,50)51)20-32(31)52-5)37-42-33-19-12-27(21-44(33)43-37)26-10-15-29(16-11-26)41-35(46)23(3)25-8-13-28(39)14-9-25/h8-24,34,40H,7H2,1-6H3,(H,41,46)(H,47,48)/t22-,23+,24+,34-/m0/s1. The van der Waals surface area contributed by atoms with E-state index in [9.17, 15) is 32.3 Å². The van der Waals surface area contributed by atoms with Crippen LogP contribution in [0.1, 0.15) is 45.6 Å². The van der Waals surface area contributed by atoms with E-state index in [1.54, 1.807) is 56.4 Å². The van der Waals surface area contributed by atoms with Crippen molar-refractivity contribution < 1.29 is 41.8 Å². The Balaban J connectivity index is 1.44. The lowest BCUT2D eigenvalue weighted by molar-refractivity contribution is -0.142. The first-order valence-electron chi connectivity index (χ1n) is 17.0. The first-order chi connectivity index (χ1) is 25.6. The molecule has 0 unspecified atom stereocenters. The van der Waals surface area contributed by atoms with Gasteiger partial charge in [0.05, 0.1) is 23.6 Å². The molecule has 3 N–H and O–H groups in total. The predicted octanol–water partition coefficient (Wildman–Crippen LogP) is 6.40. The van der Waals surface area contributed by atoms with Gasteiger partial charge in [0.2, 0.25) is 5.91 Å². The Morgan fingerprint density at radius 1 is 0.963 bits per heavy atom. The number of anilines is 3. The van der Waals surface area contributed by atoms with Crippen molar-refractivity contribution in [3.8, 4) is 16.9 Å². The summed E-state index contributed by atoms with van der Waals surface area (Å²) in [4.78, 5) is 44.2. The minimum atomic E-state index is -3.64. The van der Waals surface area contributed by atoms with Gasteiger partial charge in [-0.25, -0.2) is 27.0 Å². The van der Waals surface area contributed by atoms with E-state index in [1.807, 2.05) is 19.1 Å². The Morgan fingerprint density at radius 2 is 1.63 bits per heavy atom. The fourth-order valence-electron chi connectivity index (χ4n) is 5.60. The molecular weight excluding hydrogens is 720 g/mol. The van der Waals surface area contributed by atoms with Crippen LogP contribution >= 0.6 is 0 Å². The van der Waals surface area contributed by atoms with E-state index < -0.39 is 40.1 Å². The first kappa shape index (κ1) is 39.3. The van der Waals surface area contributed by atoms with Crippen LogP contribution in [-0.4, -0.2) is 71.7 Å². The van der Waals surface area contributed by atoms with Gasteiger partial charge in [-0.15, -0.1) is 5.10 Å². The van der Waals surface area contributed by atoms with Crippen LogP contribution in [0.15, 0.2) is 90.0 Å². The summed E-state index contributed by atoms with van der Waals surface area (Å²) in [6, 6.07) is 19.3. The normalized spacial score (nSPS) is 13.8. The molecule has 0 aliphatic carbocycles. The lowest BCUT2D eigenvalue weighted by Crippen LogP contribution is -2.48. The largest absolute Gasteiger partial charge is 0.495 e. The molecule has 0 aliphatic heterocycles. The third-order valence-electron chi connectivity index (χ3n) is 8.94. The summed E-state index contributed by atoms with van der Waals surface area (Å²) in [6.07, 6.45) is 1.23. The van der Waals surface area contributed by atoms with Crippen LogP contribution in [0, 0.1) is 11.7 Å². The van der Waals surface area contributed by atoms with Crippen molar-refractivity contribution in [1.82, 2.24) is 19.9 Å². The number of amides is 2. The van der Waals surface area contributed by atoms with Gasteiger partial charge >= 0.3 is 12.1 Å². The molecule has 14 nitrogen and oxygen atoms in total. The van der Waals surface area contributed by atoms with Crippen molar-refractivity contribution in [2.45, 2.75) is 57.2 Å². The number of carboxylic acids is 1. The second-order valence-electron chi connectivity index (χ2n) is 12.8. The van der Waals surface area contributed by atoms with Crippen LogP contribution in [-0.2, 0) is 24.2 Å². The van der Waals surface area contributed by atoms with Crippen molar-refractivity contribution in [3.05, 3.63) is 96.4 Å². The Labute approximate surface area is 311 Å². The zero-order valence-corrected chi connectivity index (χ0v) is 31.3. The summed E-state index contributed by atoms with van der Waals surface area (Å²) in [6.45, 7) is 6.84. The number of rotatable bonds is 14. The molecule has 0 saturated carbocycles. The Morgan fingerprint density at radius 3 is 2.24 bits per heavy atom. The van der Waals surface area contributed by atoms with Crippen molar-refractivity contribution in [2.75, 3.05) is 23.6 Å². The quantitative estimate of drug-likeness (QED) is 0.107. The number of sulfone groups is 1. The number of ether oxygens (including phenoxy) is 2. The fraction of sp³-hybridized carbons (Fsp3) is 0.289. The lowest BCUT2D eigenvalue weighted by Gasteiger charge is -2.27. The van der Waals surface area contributed by atoms with E-state index in [0.29, 0.717) is 23.3 Å². The van der Waals surface area contributed by atoms with Gasteiger partial charge in [-0.2, -0.15) is 4.98 Å². The van der Waals surface area contributed by atoms with Crippen LogP contribution < -0.4 is 20.3 Å².